The monoisotopic (exact) mass is 742 g/mol. The number of benzene rings is 3. The number of hydrogen-bond acceptors (Lipinski definition) is 14. The number of carbonyl (C=O) groups is 6. The number of hydrogen-bond donors (Lipinski definition) is 6. The summed E-state index contributed by atoms with van der Waals surface area (Å²) in [6, 6.07) is 8.95. The first-order valence-electron chi connectivity index (χ1n) is 16.9. The second-order valence-electron chi connectivity index (χ2n) is 13.5. The standard InChI is InChI=1S/C38H34N2O14/c1-16-32(45)21(39-37(50)17-5-3-6-18(11-17)40-25(43)9-10-26(40)44)12-27(53-16)54-23-14-38(51,24(42)15-41)13-20-29(23)36(49)31-30(34(20)47)33(46)19-7-4-8-22(52-2)28(19)35(31)48/h3-11,16,21,23,27,32,41,45,47,49,51H,12-15H2,1-2H3,(H,39,50)/t16-,21-,23-,27-,32+,38-/m0/s1. The van der Waals surface area contributed by atoms with Crippen LogP contribution in [0.2, 0.25) is 0 Å². The van der Waals surface area contributed by atoms with Crippen LogP contribution in [0.25, 0.3) is 0 Å². The van der Waals surface area contributed by atoms with Crippen molar-refractivity contribution in [1.82, 2.24) is 5.32 Å². The van der Waals surface area contributed by atoms with Gasteiger partial charge in [0.1, 0.15) is 35.6 Å². The van der Waals surface area contributed by atoms with Crippen molar-refractivity contribution in [3.63, 3.8) is 0 Å². The molecule has 280 valence electrons. The molecule has 0 bridgehead atoms. The number of ether oxygens (including phenoxy) is 3. The van der Waals surface area contributed by atoms with Crippen molar-refractivity contribution in [2.45, 2.75) is 62.4 Å². The normalized spacial score (nSPS) is 25.9. The number of ketones is 3. The van der Waals surface area contributed by atoms with Gasteiger partial charge >= 0.3 is 0 Å². The molecular formula is C38H34N2O14. The Morgan fingerprint density at radius 3 is 2.35 bits per heavy atom. The number of aromatic hydroxyl groups is 2. The van der Waals surface area contributed by atoms with E-state index in [0.29, 0.717) is 0 Å². The molecule has 6 atom stereocenters. The number of aliphatic hydroxyl groups excluding tert-OH is 2. The van der Waals surface area contributed by atoms with E-state index in [9.17, 15) is 54.3 Å². The molecule has 0 radical (unpaired) electrons. The molecule has 2 aliphatic carbocycles. The van der Waals surface area contributed by atoms with E-state index < -0.39 is 113 Å². The number of fused-ring (bicyclic) bond motifs is 3. The molecule has 1 fully saturated rings. The van der Waals surface area contributed by atoms with Crippen LogP contribution in [-0.2, 0) is 30.3 Å². The zero-order chi connectivity index (χ0) is 38.8. The van der Waals surface area contributed by atoms with Gasteiger partial charge in [-0.05, 0) is 31.2 Å². The van der Waals surface area contributed by atoms with Crippen molar-refractivity contribution in [3.05, 3.63) is 93.6 Å². The van der Waals surface area contributed by atoms with Crippen molar-refractivity contribution in [2.24, 2.45) is 0 Å². The van der Waals surface area contributed by atoms with Gasteiger partial charge in [0.2, 0.25) is 5.78 Å². The van der Waals surface area contributed by atoms with E-state index in [-0.39, 0.29) is 45.7 Å². The molecule has 16 nitrogen and oxygen atoms in total. The molecule has 0 aromatic heterocycles. The van der Waals surface area contributed by atoms with Crippen LogP contribution >= 0.6 is 0 Å². The van der Waals surface area contributed by atoms with E-state index in [1.54, 1.807) is 0 Å². The number of rotatable bonds is 8. The topological polar surface area (TPSA) is 247 Å². The summed E-state index contributed by atoms with van der Waals surface area (Å²) in [6.07, 6.45) is -4.39. The lowest BCUT2D eigenvalue weighted by Gasteiger charge is -2.43. The maximum atomic E-state index is 13.9. The maximum absolute atomic E-state index is 13.9. The average molecular weight is 743 g/mol. The van der Waals surface area contributed by atoms with Gasteiger partial charge in [-0.2, -0.15) is 0 Å². The third kappa shape index (κ3) is 5.84. The quantitative estimate of drug-likeness (QED) is 0.109. The number of phenolic OH excluding ortho intramolecular Hbond substituents is 2. The summed E-state index contributed by atoms with van der Waals surface area (Å²) in [6.45, 7) is 0.392. The van der Waals surface area contributed by atoms with Crippen molar-refractivity contribution >= 4 is 40.8 Å². The Morgan fingerprint density at radius 2 is 1.67 bits per heavy atom. The molecule has 1 saturated heterocycles. The summed E-state index contributed by atoms with van der Waals surface area (Å²) in [7, 11) is 1.29. The number of nitrogens with one attached hydrogen (secondary N) is 1. The van der Waals surface area contributed by atoms with Gasteiger partial charge in [-0.25, -0.2) is 4.90 Å². The first-order chi connectivity index (χ1) is 25.7. The number of Topliss-reactive ketones (excluding diaryl/α,β-unsaturated/α-hetero) is 1. The molecule has 3 aromatic carbocycles. The van der Waals surface area contributed by atoms with E-state index in [2.05, 4.69) is 5.32 Å². The van der Waals surface area contributed by atoms with Crippen LogP contribution in [0.15, 0.2) is 54.6 Å². The number of carbonyl (C=O) groups excluding carboxylic acids is 6. The number of anilines is 1. The smallest absolute Gasteiger partial charge is 0.258 e. The molecule has 0 spiro atoms. The summed E-state index contributed by atoms with van der Waals surface area (Å²) in [4.78, 5) is 79.3. The maximum Gasteiger partial charge on any atom is 0.258 e. The van der Waals surface area contributed by atoms with Crippen molar-refractivity contribution in [3.8, 4) is 17.2 Å². The van der Waals surface area contributed by atoms with Gasteiger partial charge in [0, 0.05) is 53.7 Å². The Balaban J connectivity index is 1.22. The Bertz CT molecular complexity index is 2180. The molecule has 2 aliphatic heterocycles. The largest absolute Gasteiger partial charge is 0.507 e. The first-order valence-corrected chi connectivity index (χ1v) is 16.9. The molecular weight excluding hydrogens is 708 g/mol. The lowest BCUT2D eigenvalue weighted by molar-refractivity contribution is -0.249. The number of phenols is 2. The highest BCUT2D eigenvalue weighted by atomic mass is 16.7. The molecule has 0 saturated carbocycles. The van der Waals surface area contributed by atoms with Gasteiger partial charge < -0.3 is 45.1 Å². The van der Waals surface area contributed by atoms with Gasteiger partial charge in [-0.15, -0.1) is 0 Å². The van der Waals surface area contributed by atoms with E-state index in [4.69, 9.17) is 14.2 Å². The van der Waals surface area contributed by atoms with Crippen molar-refractivity contribution in [1.29, 1.82) is 0 Å². The van der Waals surface area contributed by atoms with Crippen LogP contribution < -0.4 is 15.0 Å². The number of nitrogens with zero attached hydrogens (tertiary/aromatic N) is 1. The van der Waals surface area contributed by atoms with Gasteiger partial charge in [0.25, 0.3) is 17.7 Å². The average Bonchev–Trinajstić information content (AvgIpc) is 3.49. The zero-order valence-electron chi connectivity index (χ0n) is 28.8. The molecule has 2 heterocycles. The highest BCUT2D eigenvalue weighted by Crippen LogP contribution is 2.52. The van der Waals surface area contributed by atoms with Gasteiger partial charge in [-0.3, -0.25) is 28.8 Å². The van der Waals surface area contributed by atoms with Crippen molar-refractivity contribution in [2.75, 3.05) is 18.6 Å². The Kier molecular flexibility index (Phi) is 9.19. The number of methoxy groups -OCH3 is 1. The number of aliphatic hydroxyl groups is 3. The Morgan fingerprint density at radius 1 is 0.981 bits per heavy atom. The summed E-state index contributed by atoms with van der Waals surface area (Å²) in [5.74, 6) is -6.05. The van der Waals surface area contributed by atoms with Crippen molar-refractivity contribution < 1.29 is 68.5 Å². The van der Waals surface area contributed by atoms with E-state index >= 15 is 0 Å². The molecule has 4 aliphatic rings. The van der Waals surface area contributed by atoms with Gasteiger partial charge in [0.15, 0.2) is 17.9 Å². The molecule has 16 heteroatoms. The minimum Gasteiger partial charge on any atom is -0.507 e. The van der Waals surface area contributed by atoms with Gasteiger partial charge in [0.05, 0.1) is 47.7 Å². The Labute approximate surface area is 306 Å². The SMILES string of the molecule is COc1cccc2c1C(=O)c1c(O)c3c(c(O)c1C2=O)C[C@@](O)(C(=O)CO)C[C@@H]3O[C@H]1C[C@H](NC(=O)c2cccc(N3C(=O)C=CC3=O)c2)[C@H](O)[C@H](C)O1. The molecule has 3 amide bonds. The van der Waals surface area contributed by atoms with Crippen LogP contribution in [-0.4, -0.2) is 104 Å². The minimum absolute atomic E-state index is 0.0434. The van der Waals surface area contributed by atoms with Crippen LogP contribution in [0.5, 0.6) is 17.2 Å². The fourth-order valence-electron chi connectivity index (χ4n) is 7.55. The third-order valence-electron chi connectivity index (χ3n) is 10.3. The van der Waals surface area contributed by atoms with Gasteiger partial charge in [-0.1, -0.05) is 18.2 Å². The minimum atomic E-state index is -2.38. The second kappa shape index (κ2) is 13.6. The fourth-order valence-corrected chi connectivity index (χ4v) is 7.55. The lowest BCUT2D eigenvalue weighted by Crippen LogP contribution is -2.55. The molecule has 3 aromatic rings. The predicted octanol–water partition coefficient (Wildman–Crippen LogP) is 0.902. The lowest BCUT2D eigenvalue weighted by atomic mass is 9.72. The summed E-state index contributed by atoms with van der Waals surface area (Å²) >= 11 is 0. The van der Waals surface area contributed by atoms with E-state index in [0.717, 1.165) is 17.1 Å². The zero-order valence-corrected chi connectivity index (χ0v) is 28.8. The molecule has 7 rings (SSSR count). The molecule has 0 unspecified atom stereocenters. The summed E-state index contributed by atoms with van der Waals surface area (Å²) < 4.78 is 17.4. The highest BCUT2D eigenvalue weighted by molar-refractivity contribution is 6.31. The van der Waals surface area contributed by atoms with Crippen LogP contribution in [0, 0.1) is 0 Å². The van der Waals surface area contributed by atoms with E-state index in [1.165, 1.54) is 56.5 Å². The first kappa shape index (κ1) is 36.6. The highest BCUT2D eigenvalue weighted by Gasteiger charge is 2.50. The number of amides is 3. The van der Waals surface area contributed by atoms with Crippen LogP contribution in [0.4, 0.5) is 5.69 Å². The molecule has 54 heavy (non-hydrogen) atoms. The molecule has 6 N–H and O–H groups in total. The van der Waals surface area contributed by atoms with Crippen LogP contribution in [0.1, 0.15) is 79.2 Å². The second-order valence-corrected chi connectivity index (χ2v) is 13.5. The summed E-state index contributed by atoms with van der Waals surface area (Å²) in [5.41, 5.74) is -4.02. The number of imide groups is 1. The van der Waals surface area contributed by atoms with Crippen LogP contribution in [0.3, 0.4) is 0 Å². The predicted molar refractivity (Wildman–Crippen MR) is 183 cm³/mol. The fraction of sp³-hybridized carbons (Fsp3) is 0.316. The summed E-state index contributed by atoms with van der Waals surface area (Å²) in [5, 5.41) is 58.4. The van der Waals surface area contributed by atoms with E-state index in [1.807, 2.05) is 0 Å². The third-order valence-corrected chi connectivity index (χ3v) is 10.3. The Hall–Kier alpha value is -5.78.